The van der Waals surface area contributed by atoms with Gasteiger partial charge in [-0.25, -0.2) is 13.4 Å². The summed E-state index contributed by atoms with van der Waals surface area (Å²) in [5.74, 6) is 1.21. The number of ether oxygens (including phenoxy) is 2. The van der Waals surface area contributed by atoms with E-state index in [1.807, 2.05) is 25.9 Å². The molecule has 0 bridgehead atoms. The predicted octanol–water partition coefficient (Wildman–Crippen LogP) is 3.38. The first-order valence-electron chi connectivity index (χ1n) is 8.90. The second kappa shape index (κ2) is 10.9. The lowest BCUT2D eigenvalue weighted by Crippen LogP contribution is -2.19. The number of sulfonamides is 1. The Morgan fingerprint density at radius 2 is 2.07 bits per heavy atom. The van der Waals surface area contributed by atoms with Gasteiger partial charge in [-0.1, -0.05) is 30.3 Å². The molecule has 11 heteroatoms. The minimum absolute atomic E-state index is 0.0116. The van der Waals surface area contributed by atoms with E-state index in [-0.39, 0.29) is 10.8 Å². The smallest absolute Gasteiger partial charge is 0.268 e. The average Bonchev–Trinajstić information content (AvgIpc) is 2.68. The number of halogens is 1. The number of hydrogen-bond donors (Lipinski definition) is 1. The van der Waals surface area contributed by atoms with E-state index >= 15 is 0 Å². The standard InChI is InChI=1S/C18H25ClN4O4S2/c1-5-10-28-18-20-12-16(17(21-18)26-4)29(24,25)22-13-6-7-14(19)15(11-13)27-9-8-23(2)3/h6-7,11-12,22H,5,8-10H2,1-4H3. The molecule has 1 aromatic carbocycles. The molecule has 8 nitrogen and oxygen atoms in total. The van der Waals surface area contributed by atoms with Gasteiger partial charge in [-0.05, 0) is 32.6 Å². The molecule has 0 radical (unpaired) electrons. The summed E-state index contributed by atoms with van der Waals surface area (Å²) in [6.45, 7) is 3.16. The molecule has 0 spiro atoms. The minimum Gasteiger partial charge on any atom is -0.491 e. The summed E-state index contributed by atoms with van der Waals surface area (Å²) in [6, 6.07) is 4.66. The number of hydrogen-bond acceptors (Lipinski definition) is 8. The van der Waals surface area contributed by atoms with Crippen LogP contribution in [0.15, 0.2) is 34.4 Å². The molecular weight excluding hydrogens is 436 g/mol. The van der Waals surface area contributed by atoms with Gasteiger partial charge in [0.15, 0.2) is 10.1 Å². The van der Waals surface area contributed by atoms with Crippen LogP contribution < -0.4 is 14.2 Å². The van der Waals surface area contributed by atoms with E-state index in [1.54, 1.807) is 12.1 Å². The Morgan fingerprint density at radius 1 is 1.31 bits per heavy atom. The highest BCUT2D eigenvalue weighted by molar-refractivity contribution is 7.99. The Bertz CT molecular complexity index is 926. The SMILES string of the molecule is CCCSc1ncc(S(=O)(=O)Nc2ccc(Cl)c(OCCN(C)C)c2)c(OC)n1. The Labute approximate surface area is 181 Å². The topological polar surface area (TPSA) is 93.7 Å². The molecule has 2 rings (SSSR count). The number of thioether (sulfide) groups is 1. The molecule has 0 aliphatic heterocycles. The predicted molar refractivity (Wildman–Crippen MR) is 116 cm³/mol. The molecule has 160 valence electrons. The van der Waals surface area contributed by atoms with E-state index in [2.05, 4.69) is 14.7 Å². The highest BCUT2D eigenvalue weighted by Gasteiger charge is 2.23. The van der Waals surface area contributed by atoms with Crippen molar-refractivity contribution >= 4 is 39.1 Å². The van der Waals surface area contributed by atoms with Crippen molar-refractivity contribution in [2.24, 2.45) is 0 Å². The number of nitrogens with zero attached hydrogens (tertiary/aromatic N) is 3. The zero-order valence-electron chi connectivity index (χ0n) is 16.8. The lowest BCUT2D eigenvalue weighted by Gasteiger charge is -2.14. The fourth-order valence-corrected chi connectivity index (χ4v) is 4.09. The van der Waals surface area contributed by atoms with Crippen molar-refractivity contribution in [2.45, 2.75) is 23.4 Å². The van der Waals surface area contributed by atoms with Crippen molar-refractivity contribution in [3.8, 4) is 11.6 Å². The van der Waals surface area contributed by atoms with E-state index in [4.69, 9.17) is 21.1 Å². The summed E-state index contributed by atoms with van der Waals surface area (Å²) in [7, 11) is 1.25. The minimum atomic E-state index is -3.97. The largest absolute Gasteiger partial charge is 0.491 e. The van der Waals surface area contributed by atoms with Crippen LogP contribution in [0.25, 0.3) is 0 Å². The Morgan fingerprint density at radius 3 is 2.72 bits per heavy atom. The van der Waals surface area contributed by atoms with Crippen LogP contribution in [-0.2, 0) is 10.0 Å². The Balaban J connectivity index is 2.22. The number of benzene rings is 1. The highest BCUT2D eigenvalue weighted by atomic mass is 35.5. The van der Waals surface area contributed by atoms with Crippen molar-refractivity contribution in [2.75, 3.05) is 44.8 Å². The molecule has 0 fully saturated rings. The van der Waals surface area contributed by atoms with Gasteiger partial charge in [0.1, 0.15) is 12.4 Å². The Hall–Kier alpha value is -1.75. The third kappa shape index (κ3) is 6.91. The third-order valence-corrected chi connectivity index (χ3v) is 6.34. The highest BCUT2D eigenvalue weighted by Crippen LogP contribution is 2.30. The summed E-state index contributed by atoms with van der Waals surface area (Å²) in [5.41, 5.74) is 0.306. The van der Waals surface area contributed by atoms with Crippen LogP contribution in [-0.4, -0.2) is 63.4 Å². The molecule has 0 saturated heterocycles. The molecular formula is C18H25ClN4O4S2. The van der Waals surface area contributed by atoms with E-state index in [0.717, 1.165) is 12.2 Å². The van der Waals surface area contributed by atoms with E-state index in [9.17, 15) is 8.42 Å². The van der Waals surface area contributed by atoms with Gasteiger partial charge in [-0.2, -0.15) is 4.98 Å². The normalized spacial score (nSPS) is 11.5. The van der Waals surface area contributed by atoms with Crippen LogP contribution in [0.1, 0.15) is 13.3 Å². The molecule has 2 aromatic rings. The molecule has 1 heterocycles. The summed E-state index contributed by atoms with van der Waals surface area (Å²) >= 11 is 7.58. The molecule has 1 aromatic heterocycles. The van der Waals surface area contributed by atoms with Crippen molar-refractivity contribution in [3.63, 3.8) is 0 Å². The second-order valence-electron chi connectivity index (χ2n) is 6.28. The van der Waals surface area contributed by atoms with Gasteiger partial charge in [0.05, 0.1) is 24.0 Å². The third-order valence-electron chi connectivity index (χ3n) is 3.60. The number of aromatic nitrogens is 2. The number of rotatable bonds is 11. The lowest BCUT2D eigenvalue weighted by molar-refractivity contribution is 0.261. The van der Waals surface area contributed by atoms with Gasteiger partial charge < -0.3 is 14.4 Å². The van der Waals surface area contributed by atoms with Crippen LogP contribution in [0.2, 0.25) is 5.02 Å². The zero-order chi connectivity index (χ0) is 21.4. The fourth-order valence-electron chi connectivity index (χ4n) is 2.16. The second-order valence-corrected chi connectivity index (χ2v) is 9.40. The number of likely N-dealkylation sites (N-methyl/N-ethyl adjacent to an activating group) is 1. The van der Waals surface area contributed by atoms with Gasteiger partial charge >= 0.3 is 0 Å². The maximum absolute atomic E-state index is 12.8. The molecule has 0 aliphatic carbocycles. The van der Waals surface area contributed by atoms with Crippen molar-refractivity contribution in [1.82, 2.24) is 14.9 Å². The zero-order valence-corrected chi connectivity index (χ0v) is 19.2. The molecule has 0 aliphatic rings. The van der Waals surface area contributed by atoms with Crippen LogP contribution in [0, 0.1) is 0 Å². The van der Waals surface area contributed by atoms with Crippen LogP contribution >= 0.6 is 23.4 Å². The summed E-state index contributed by atoms with van der Waals surface area (Å²) in [5, 5.41) is 0.857. The van der Waals surface area contributed by atoms with E-state index < -0.39 is 10.0 Å². The first kappa shape index (κ1) is 23.5. The summed E-state index contributed by atoms with van der Waals surface area (Å²) < 4.78 is 39.0. The first-order chi connectivity index (χ1) is 13.8. The maximum atomic E-state index is 12.8. The van der Waals surface area contributed by atoms with Crippen molar-refractivity contribution in [3.05, 3.63) is 29.4 Å². The number of anilines is 1. The van der Waals surface area contributed by atoms with Crippen LogP contribution in [0.5, 0.6) is 11.6 Å². The van der Waals surface area contributed by atoms with Gasteiger partial charge in [0.25, 0.3) is 10.0 Å². The van der Waals surface area contributed by atoms with Gasteiger partial charge in [-0.3, -0.25) is 4.72 Å². The van der Waals surface area contributed by atoms with Crippen molar-refractivity contribution < 1.29 is 17.9 Å². The lowest BCUT2D eigenvalue weighted by atomic mass is 10.3. The molecule has 0 amide bonds. The van der Waals surface area contributed by atoms with Crippen LogP contribution in [0.3, 0.4) is 0 Å². The number of methoxy groups -OCH3 is 1. The molecule has 1 N–H and O–H groups in total. The van der Waals surface area contributed by atoms with Gasteiger partial charge in [0, 0.05) is 18.4 Å². The average molecular weight is 461 g/mol. The maximum Gasteiger partial charge on any atom is 0.268 e. The van der Waals surface area contributed by atoms with Gasteiger partial charge in [0.2, 0.25) is 5.88 Å². The molecule has 0 unspecified atom stereocenters. The van der Waals surface area contributed by atoms with E-state index in [0.29, 0.717) is 34.8 Å². The molecule has 0 saturated carbocycles. The summed E-state index contributed by atoms with van der Waals surface area (Å²) in [4.78, 5) is 10.1. The first-order valence-corrected chi connectivity index (χ1v) is 11.7. The summed E-state index contributed by atoms with van der Waals surface area (Å²) in [6.07, 6.45) is 2.20. The quantitative estimate of drug-likeness (QED) is 0.403. The van der Waals surface area contributed by atoms with E-state index in [1.165, 1.54) is 31.1 Å². The Kier molecular flexibility index (Phi) is 8.81. The monoisotopic (exact) mass is 460 g/mol. The van der Waals surface area contributed by atoms with Crippen LogP contribution in [0.4, 0.5) is 5.69 Å². The fraction of sp³-hybridized carbons (Fsp3) is 0.444. The van der Waals surface area contributed by atoms with Gasteiger partial charge in [-0.15, -0.1) is 0 Å². The molecule has 0 atom stereocenters. The number of nitrogens with one attached hydrogen (secondary N) is 1. The van der Waals surface area contributed by atoms with Crippen molar-refractivity contribution in [1.29, 1.82) is 0 Å². The molecule has 29 heavy (non-hydrogen) atoms.